The second kappa shape index (κ2) is 7.56. The number of hydrogen-bond acceptors (Lipinski definition) is 2. The van der Waals surface area contributed by atoms with Crippen molar-refractivity contribution in [1.29, 1.82) is 0 Å². The van der Waals surface area contributed by atoms with Gasteiger partial charge in [0.15, 0.2) is 0 Å². The standard InChI is InChI=1S/C33H25NS/c1-33(2)26-17-7-6-13-25(26)30-27(33)18-10-19-28(30)34-29-20-9-16-24-23-15-8-14-22(31(23)35-32(24)29)21-11-4-3-5-12-21/h3-20,34H,1-2H3. The van der Waals surface area contributed by atoms with Gasteiger partial charge < -0.3 is 5.32 Å². The lowest BCUT2D eigenvalue weighted by Crippen LogP contribution is -2.14. The number of anilines is 2. The molecule has 1 aromatic heterocycles. The molecule has 0 bridgehead atoms. The number of thiophene rings is 1. The summed E-state index contributed by atoms with van der Waals surface area (Å²) in [5.74, 6) is 0. The van der Waals surface area contributed by atoms with Gasteiger partial charge in [0.25, 0.3) is 0 Å². The van der Waals surface area contributed by atoms with E-state index in [-0.39, 0.29) is 5.41 Å². The molecule has 1 N–H and O–H groups in total. The van der Waals surface area contributed by atoms with Crippen molar-refractivity contribution in [3.8, 4) is 22.3 Å². The highest BCUT2D eigenvalue weighted by Crippen LogP contribution is 2.52. The highest BCUT2D eigenvalue weighted by Gasteiger charge is 2.36. The molecule has 0 unspecified atom stereocenters. The van der Waals surface area contributed by atoms with E-state index in [9.17, 15) is 0 Å². The summed E-state index contributed by atoms with van der Waals surface area (Å²) in [7, 11) is 0. The first-order valence-corrected chi connectivity index (χ1v) is 12.9. The van der Waals surface area contributed by atoms with E-state index >= 15 is 0 Å². The molecule has 1 aliphatic rings. The monoisotopic (exact) mass is 467 g/mol. The topological polar surface area (TPSA) is 12.0 Å². The van der Waals surface area contributed by atoms with E-state index < -0.39 is 0 Å². The van der Waals surface area contributed by atoms with E-state index in [1.165, 1.54) is 64.9 Å². The largest absolute Gasteiger partial charge is 0.354 e. The van der Waals surface area contributed by atoms with Gasteiger partial charge in [0.05, 0.1) is 10.4 Å². The van der Waals surface area contributed by atoms with Crippen molar-refractivity contribution in [2.24, 2.45) is 0 Å². The third kappa shape index (κ3) is 3.00. The number of nitrogens with one attached hydrogen (secondary N) is 1. The molecule has 0 aliphatic heterocycles. The Morgan fingerprint density at radius 3 is 2.03 bits per heavy atom. The van der Waals surface area contributed by atoms with Crippen LogP contribution in [-0.2, 0) is 5.41 Å². The summed E-state index contributed by atoms with van der Waals surface area (Å²) >= 11 is 1.89. The summed E-state index contributed by atoms with van der Waals surface area (Å²) in [6, 6.07) is 39.6. The molecule has 1 nitrogen and oxygen atoms in total. The normalized spacial score (nSPS) is 13.7. The van der Waals surface area contributed by atoms with Crippen molar-refractivity contribution in [2.75, 3.05) is 5.32 Å². The molecule has 0 atom stereocenters. The fraction of sp³-hybridized carbons (Fsp3) is 0.0909. The summed E-state index contributed by atoms with van der Waals surface area (Å²) in [6.45, 7) is 4.67. The molecule has 6 aromatic rings. The van der Waals surface area contributed by atoms with Gasteiger partial charge in [-0.2, -0.15) is 0 Å². The lowest BCUT2D eigenvalue weighted by molar-refractivity contribution is 0.660. The Bertz CT molecular complexity index is 1740. The molecule has 1 heterocycles. The number of rotatable bonds is 3. The van der Waals surface area contributed by atoms with Crippen LogP contribution in [0.5, 0.6) is 0 Å². The van der Waals surface area contributed by atoms with E-state index in [2.05, 4.69) is 128 Å². The predicted octanol–water partition coefficient (Wildman–Crippen LogP) is 9.77. The Morgan fingerprint density at radius 1 is 0.543 bits per heavy atom. The maximum atomic E-state index is 3.86. The Labute approximate surface area is 209 Å². The quantitative estimate of drug-likeness (QED) is 0.273. The second-order valence-electron chi connectivity index (χ2n) is 9.86. The summed E-state index contributed by atoms with van der Waals surface area (Å²) in [6.07, 6.45) is 0. The van der Waals surface area contributed by atoms with Gasteiger partial charge in [0.2, 0.25) is 0 Å². The summed E-state index contributed by atoms with van der Waals surface area (Å²) in [4.78, 5) is 0. The summed E-state index contributed by atoms with van der Waals surface area (Å²) in [5.41, 5.74) is 10.4. The SMILES string of the molecule is CC1(C)c2ccccc2-c2c(Nc3cccc4c3sc3c(-c5ccccc5)cccc34)cccc21. The van der Waals surface area contributed by atoms with Gasteiger partial charge in [-0.3, -0.25) is 0 Å². The van der Waals surface area contributed by atoms with Crippen LogP contribution < -0.4 is 5.32 Å². The predicted molar refractivity (Wildman–Crippen MR) is 152 cm³/mol. The van der Waals surface area contributed by atoms with E-state index in [1.807, 2.05) is 11.3 Å². The van der Waals surface area contributed by atoms with Crippen LogP contribution in [0, 0.1) is 0 Å². The van der Waals surface area contributed by atoms with Crippen molar-refractivity contribution in [1.82, 2.24) is 0 Å². The smallest absolute Gasteiger partial charge is 0.0590 e. The third-order valence-electron chi connectivity index (χ3n) is 7.49. The van der Waals surface area contributed by atoms with E-state index in [0.29, 0.717) is 0 Å². The zero-order chi connectivity index (χ0) is 23.6. The van der Waals surface area contributed by atoms with Gasteiger partial charge in [-0.15, -0.1) is 11.3 Å². The van der Waals surface area contributed by atoms with Crippen molar-refractivity contribution in [2.45, 2.75) is 19.3 Å². The first-order valence-electron chi connectivity index (χ1n) is 12.1. The lowest BCUT2D eigenvalue weighted by Gasteiger charge is -2.21. The van der Waals surface area contributed by atoms with Crippen LogP contribution in [0.15, 0.2) is 109 Å². The van der Waals surface area contributed by atoms with Gasteiger partial charge in [-0.1, -0.05) is 111 Å². The van der Waals surface area contributed by atoms with Gasteiger partial charge in [-0.25, -0.2) is 0 Å². The average molecular weight is 468 g/mol. The first kappa shape index (κ1) is 20.5. The average Bonchev–Trinajstić information content (AvgIpc) is 3.39. The molecule has 5 aromatic carbocycles. The third-order valence-corrected chi connectivity index (χ3v) is 8.77. The fourth-order valence-electron chi connectivity index (χ4n) is 5.77. The molecule has 0 saturated heterocycles. The van der Waals surface area contributed by atoms with Crippen LogP contribution in [0.4, 0.5) is 11.4 Å². The fourth-order valence-corrected chi connectivity index (χ4v) is 7.07. The molecular weight excluding hydrogens is 442 g/mol. The van der Waals surface area contributed by atoms with Crippen molar-refractivity contribution in [3.05, 3.63) is 120 Å². The first-order chi connectivity index (χ1) is 17.1. The van der Waals surface area contributed by atoms with Gasteiger partial charge >= 0.3 is 0 Å². The second-order valence-corrected chi connectivity index (χ2v) is 10.9. The van der Waals surface area contributed by atoms with E-state index in [0.717, 1.165) is 0 Å². The molecule has 0 spiro atoms. The van der Waals surface area contributed by atoms with Crippen LogP contribution in [0.1, 0.15) is 25.0 Å². The highest BCUT2D eigenvalue weighted by molar-refractivity contribution is 7.27. The number of fused-ring (bicyclic) bond motifs is 6. The molecule has 0 amide bonds. The van der Waals surface area contributed by atoms with Gasteiger partial charge in [0.1, 0.15) is 0 Å². The molecule has 0 fully saturated rings. The van der Waals surface area contributed by atoms with Crippen LogP contribution in [0.25, 0.3) is 42.4 Å². The molecule has 1 aliphatic carbocycles. The minimum Gasteiger partial charge on any atom is -0.354 e. The van der Waals surface area contributed by atoms with E-state index in [1.54, 1.807) is 0 Å². The molecule has 168 valence electrons. The van der Waals surface area contributed by atoms with Crippen molar-refractivity contribution < 1.29 is 0 Å². The molecule has 7 rings (SSSR count). The molecule has 0 saturated carbocycles. The van der Waals surface area contributed by atoms with Crippen molar-refractivity contribution in [3.63, 3.8) is 0 Å². The van der Waals surface area contributed by atoms with Crippen LogP contribution >= 0.6 is 11.3 Å². The lowest BCUT2D eigenvalue weighted by atomic mass is 9.82. The summed E-state index contributed by atoms with van der Waals surface area (Å²) in [5, 5.41) is 6.48. The van der Waals surface area contributed by atoms with Crippen LogP contribution in [0.3, 0.4) is 0 Å². The molecular formula is C33H25NS. The Balaban J connectivity index is 1.42. The maximum absolute atomic E-state index is 3.86. The maximum Gasteiger partial charge on any atom is 0.0590 e. The molecule has 2 heteroatoms. The Morgan fingerprint density at radius 2 is 1.17 bits per heavy atom. The number of benzene rings is 5. The number of hydrogen-bond donors (Lipinski definition) is 1. The van der Waals surface area contributed by atoms with Gasteiger partial charge in [-0.05, 0) is 39.9 Å². The molecule has 0 radical (unpaired) electrons. The minimum atomic E-state index is -0.00216. The van der Waals surface area contributed by atoms with E-state index in [4.69, 9.17) is 0 Å². The summed E-state index contributed by atoms with van der Waals surface area (Å²) < 4.78 is 2.64. The highest BCUT2D eigenvalue weighted by atomic mass is 32.1. The minimum absolute atomic E-state index is 0.00216. The zero-order valence-electron chi connectivity index (χ0n) is 19.8. The zero-order valence-corrected chi connectivity index (χ0v) is 20.6. The Hall–Kier alpha value is -3.88. The van der Waals surface area contributed by atoms with Crippen LogP contribution in [-0.4, -0.2) is 0 Å². The Kier molecular flexibility index (Phi) is 4.43. The van der Waals surface area contributed by atoms with Gasteiger partial charge in [0, 0.05) is 32.1 Å². The van der Waals surface area contributed by atoms with Crippen molar-refractivity contribution >= 4 is 42.9 Å². The van der Waals surface area contributed by atoms with Crippen LogP contribution in [0.2, 0.25) is 0 Å². The molecule has 35 heavy (non-hydrogen) atoms.